The Hall–Kier alpha value is -0.570. The molecule has 1 amide bonds. The van der Waals surface area contributed by atoms with Crippen molar-refractivity contribution in [3.05, 3.63) is 0 Å². The number of rotatable bonds is 2. The van der Waals surface area contributed by atoms with Crippen molar-refractivity contribution in [2.45, 2.75) is 38.3 Å². The van der Waals surface area contributed by atoms with E-state index < -0.39 is 0 Å². The maximum absolute atomic E-state index is 10.6. The summed E-state index contributed by atoms with van der Waals surface area (Å²) in [6.45, 7) is 3.74. The van der Waals surface area contributed by atoms with Crippen LogP contribution in [0, 0.1) is 0 Å². The summed E-state index contributed by atoms with van der Waals surface area (Å²) in [6.07, 6.45) is 2.09. The van der Waals surface area contributed by atoms with E-state index in [9.17, 15) is 4.79 Å². The Bertz CT molecular complexity index is 161. The Morgan fingerprint density at radius 1 is 1.55 bits per heavy atom. The number of hydrogen-bond acceptors (Lipinski definition) is 2. The van der Waals surface area contributed by atoms with Crippen molar-refractivity contribution in [1.29, 1.82) is 0 Å². The monoisotopic (exact) mass is 156 g/mol. The van der Waals surface area contributed by atoms with E-state index in [0.29, 0.717) is 6.04 Å². The first-order chi connectivity index (χ1) is 5.06. The van der Waals surface area contributed by atoms with Gasteiger partial charge in [0.25, 0.3) is 0 Å². The molecule has 1 aliphatic rings. The maximum Gasteiger partial charge on any atom is 0.217 e. The first kappa shape index (κ1) is 8.53. The molecule has 0 aromatic carbocycles. The zero-order valence-electron chi connectivity index (χ0n) is 7.40. The lowest BCUT2D eigenvalue weighted by molar-refractivity contribution is -0.120. The van der Waals surface area contributed by atoms with Crippen LogP contribution in [-0.4, -0.2) is 24.5 Å². The second-order valence-corrected chi connectivity index (χ2v) is 3.62. The Balaban J connectivity index is 2.23. The highest BCUT2D eigenvalue weighted by Crippen LogP contribution is 2.30. The van der Waals surface area contributed by atoms with Crippen LogP contribution in [0.15, 0.2) is 0 Å². The number of carbonyl (C=O) groups excluding carboxylic acids is 1. The average molecular weight is 156 g/mol. The third kappa shape index (κ3) is 1.93. The summed E-state index contributed by atoms with van der Waals surface area (Å²) in [7, 11) is 1.96. The first-order valence-electron chi connectivity index (χ1n) is 4.02. The highest BCUT2D eigenvalue weighted by molar-refractivity contribution is 5.73. The summed E-state index contributed by atoms with van der Waals surface area (Å²) in [4.78, 5) is 10.6. The van der Waals surface area contributed by atoms with Crippen molar-refractivity contribution in [2.24, 2.45) is 0 Å². The van der Waals surface area contributed by atoms with Crippen LogP contribution in [0.1, 0.15) is 26.7 Å². The van der Waals surface area contributed by atoms with Gasteiger partial charge < -0.3 is 10.6 Å². The van der Waals surface area contributed by atoms with Gasteiger partial charge >= 0.3 is 0 Å². The predicted octanol–water partition coefficient (Wildman–Crippen LogP) is 0.263. The smallest absolute Gasteiger partial charge is 0.217 e. The van der Waals surface area contributed by atoms with Crippen LogP contribution in [0.25, 0.3) is 0 Å². The number of carbonyl (C=O) groups is 1. The molecule has 0 unspecified atom stereocenters. The standard InChI is InChI=1S/C8H16N2O/c1-6(11)10-7-4-8(2,5-7)9-3/h7,9H,4-5H2,1-3H3,(H,10,11). The molecular weight excluding hydrogens is 140 g/mol. The van der Waals surface area contributed by atoms with Crippen molar-refractivity contribution < 1.29 is 4.79 Å². The molecular formula is C8H16N2O. The normalized spacial score (nSPS) is 36.1. The summed E-state index contributed by atoms with van der Waals surface area (Å²) in [6, 6.07) is 0.393. The predicted molar refractivity (Wildman–Crippen MR) is 44.3 cm³/mol. The van der Waals surface area contributed by atoms with E-state index in [2.05, 4.69) is 17.6 Å². The molecule has 3 nitrogen and oxygen atoms in total. The molecule has 0 saturated heterocycles. The Labute approximate surface area is 67.5 Å². The molecule has 0 bridgehead atoms. The molecule has 0 aromatic rings. The van der Waals surface area contributed by atoms with E-state index in [1.54, 1.807) is 6.92 Å². The van der Waals surface area contributed by atoms with Gasteiger partial charge in [-0.3, -0.25) is 4.79 Å². The molecule has 0 aliphatic heterocycles. The van der Waals surface area contributed by atoms with E-state index in [0.717, 1.165) is 12.8 Å². The van der Waals surface area contributed by atoms with Gasteiger partial charge in [0.05, 0.1) is 0 Å². The summed E-state index contributed by atoms with van der Waals surface area (Å²) in [5, 5.41) is 6.12. The van der Waals surface area contributed by atoms with Crippen molar-refractivity contribution >= 4 is 5.91 Å². The summed E-state index contributed by atoms with van der Waals surface area (Å²) >= 11 is 0. The molecule has 64 valence electrons. The van der Waals surface area contributed by atoms with E-state index in [1.807, 2.05) is 7.05 Å². The fourth-order valence-corrected chi connectivity index (χ4v) is 1.62. The molecule has 11 heavy (non-hydrogen) atoms. The topological polar surface area (TPSA) is 41.1 Å². The second kappa shape index (κ2) is 2.81. The zero-order valence-corrected chi connectivity index (χ0v) is 7.40. The SMILES string of the molecule is CNC1(C)CC(NC(C)=O)C1. The lowest BCUT2D eigenvalue weighted by Crippen LogP contribution is -2.59. The van der Waals surface area contributed by atoms with Crippen LogP contribution in [0.2, 0.25) is 0 Å². The largest absolute Gasteiger partial charge is 0.353 e. The second-order valence-electron chi connectivity index (χ2n) is 3.62. The van der Waals surface area contributed by atoms with Crippen molar-refractivity contribution in [3.63, 3.8) is 0 Å². The van der Waals surface area contributed by atoms with Gasteiger partial charge in [-0.2, -0.15) is 0 Å². The van der Waals surface area contributed by atoms with Gasteiger partial charge in [0, 0.05) is 18.5 Å². The average Bonchev–Trinajstić information content (AvgIpc) is 1.83. The minimum absolute atomic E-state index is 0.0770. The molecule has 1 saturated carbocycles. The first-order valence-corrected chi connectivity index (χ1v) is 4.02. The molecule has 0 atom stereocenters. The number of nitrogens with one attached hydrogen (secondary N) is 2. The van der Waals surface area contributed by atoms with Crippen LogP contribution in [0.4, 0.5) is 0 Å². The maximum atomic E-state index is 10.6. The third-order valence-electron chi connectivity index (χ3n) is 2.40. The molecule has 1 aliphatic carbocycles. The molecule has 1 fully saturated rings. The minimum atomic E-state index is 0.0770. The molecule has 0 radical (unpaired) electrons. The van der Waals surface area contributed by atoms with Crippen LogP contribution in [0.5, 0.6) is 0 Å². The fourth-order valence-electron chi connectivity index (χ4n) is 1.62. The Kier molecular flexibility index (Phi) is 2.18. The molecule has 0 heterocycles. The van der Waals surface area contributed by atoms with E-state index in [-0.39, 0.29) is 11.4 Å². The van der Waals surface area contributed by atoms with Crippen LogP contribution in [-0.2, 0) is 4.79 Å². The molecule has 0 aromatic heterocycles. The van der Waals surface area contributed by atoms with Crippen LogP contribution >= 0.6 is 0 Å². The summed E-state index contributed by atoms with van der Waals surface area (Å²) < 4.78 is 0. The summed E-state index contributed by atoms with van der Waals surface area (Å²) in [5.41, 5.74) is 0.257. The molecule has 1 rings (SSSR count). The van der Waals surface area contributed by atoms with Gasteiger partial charge in [0.2, 0.25) is 5.91 Å². The van der Waals surface area contributed by atoms with Gasteiger partial charge in [0.15, 0.2) is 0 Å². The van der Waals surface area contributed by atoms with E-state index in [1.165, 1.54) is 0 Å². The highest BCUT2D eigenvalue weighted by Gasteiger charge is 2.38. The lowest BCUT2D eigenvalue weighted by Gasteiger charge is -2.45. The fraction of sp³-hybridized carbons (Fsp3) is 0.875. The van der Waals surface area contributed by atoms with E-state index >= 15 is 0 Å². The third-order valence-corrected chi connectivity index (χ3v) is 2.40. The van der Waals surface area contributed by atoms with Crippen molar-refractivity contribution in [2.75, 3.05) is 7.05 Å². The molecule has 3 heteroatoms. The quantitative estimate of drug-likeness (QED) is 0.602. The van der Waals surface area contributed by atoms with Gasteiger partial charge in [0.1, 0.15) is 0 Å². The van der Waals surface area contributed by atoms with Gasteiger partial charge in [-0.1, -0.05) is 0 Å². The molecule has 0 spiro atoms. The molecule has 2 N–H and O–H groups in total. The Morgan fingerprint density at radius 3 is 2.45 bits per heavy atom. The van der Waals surface area contributed by atoms with Crippen molar-refractivity contribution in [1.82, 2.24) is 10.6 Å². The number of amides is 1. The van der Waals surface area contributed by atoms with Crippen LogP contribution in [0.3, 0.4) is 0 Å². The van der Waals surface area contributed by atoms with E-state index in [4.69, 9.17) is 0 Å². The minimum Gasteiger partial charge on any atom is -0.353 e. The van der Waals surface area contributed by atoms with Crippen molar-refractivity contribution in [3.8, 4) is 0 Å². The highest BCUT2D eigenvalue weighted by atomic mass is 16.1. The van der Waals surface area contributed by atoms with Gasteiger partial charge in [-0.25, -0.2) is 0 Å². The van der Waals surface area contributed by atoms with Gasteiger partial charge in [-0.15, -0.1) is 0 Å². The summed E-state index contributed by atoms with van der Waals surface area (Å²) in [5.74, 6) is 0.0770. The number of hydrogen-bond donors (Lipinski definition) is 2. The zero-order chi connectivity index (χ0) is 8.48. The lowest BCUT2D eigenvalue weighted by atomic mass is 9.74. The van der Waals surface area contributed by atoms with Crippen LogP contribution < -0.4 is 10.6 Å². The Morgan fingerprint density at radius 2 is 2.09 bits per heavy atom. The van der Waals surface area contributed by atoms with Gasteiger partial charge in [-0.05, 0) is 26.8 Å².